The first-order chi connectivity index (χ1) is 6.27. The summed E-state index contributed by atoms with van der Waals surface area (Å²) in [6.45, 7) is 8.17. The zero-order valence-corrected chi connectivity index (χ0v) is 9.02. The molecule has 0 aromatic heterocycles. The fourth-order valence-electron chi connectivity index (χ4n) is 1.04. The number of rotatable bonds is 2. The molecule has 0 aliphatic rings. The number of nitrogen functional groups attached to an aromatic ring is 1. The predicted molar refractivity (Wildman–Crippen MR) is 59.7 cm³/mol. The van der Waals surface area contributed by atoms with E-state index in [2.05, 4.69) is 30.5 Å². The fraction of sp³-hybridized carbons (Fsp3) is 0.455. The molecule has 0 unspecified atom stereocenters. The van der Waals surface area contributed by atoms with E-state index in [4.69, 9.17) is 5.84 Å². The molecule has 1 rings (SSSR count). The lowest BCUT2D eigenvalue weighted by molar-refractivity contribution is 1.13. The van der Waals surface area contributed by atoms with Crippen molar-refractivity contribution < 1.29 is 0 Å². The van der Waals surface area contributed by atoms with Gasteiger partial charge in [0, 0.05) is 0 Å². The van der Waals surface area contributed by atoms with Crippen molar-refractivity contribution in [3.8, 4) is 0 Å². The van der Waals surface area contributed by atoms with Gasteiger partial charge in [0.15, 0.2) is 0 Å². The lowest BCUT2D eigenvalue weighted by atomic mass is 10.1. The smallest absolute Gasteiger partial charge is 0.0516 e. The second-order valence-corrected chi connectivity index (χ2v) is 2.65. The highest BCUT2D eigenvalue weighted by Crippen LogP contribution is 2.15. The number of aryl methyl sites for hydroxylation is 2. The Hall–Kier alpha value is -1.02. The van der Waals surface area contributed by atoms with Gasteiger partial charge in [-0.1, -0.05) is 32.9 Å². The van der Waals surface area contributed by atoms with Gasteiger partial charge in [-0.25, -0.2) is 0 Å². The number of hydrogen-bond donors (Lipinski definition) is 2. The topological polar surface area (TPSA) is 38.0 Å². The van der Waals surface area contributed by atoms with E-state index >= 15 is 0 Å². The third-order valence-electron chi connectivity index (χ3n) is 1.87. The zero-order valence-electron chi connectivity index (χ0n) is 9.02. The molecule has 0 atom stereocenters. The average Bonchev–Trinajstić information content (AvgIpc) is 2.22. The van der Waals surface area contributed by atoms with Crippen LogP contribution in [0.5, 0.6) is 0 Å². The zero-order chi connectivity index (χ0) is 10.3. The molecule has 0 saturated carbocycles. The maximum Gasteiger partial charge on any atom is 0.0516 e. The maximum atomic E-state index is 5.32. The highest BCUT2D eigenvalue weighted by atomic mass is 15.2. The molecule has 74 valence electrons. The molecular weight excluding hydrogens is 160 g/mol. The quantitative estimate of drug-likeness (QED) is 0.542. The Kier molecular flexibility index (Phi) is 5.98. The maximum absolute atomic E-state index is 5.32. The summed E-state index contributed by atoms with van der Waals surface area (Å²) in [7, 11) is 0. The van der Waals surface area contributed by atoms with Crippen LogP contribution in [0.4, 0.5) is 5.69 Å². The van der Waals surface area contributed by atoms with Gasteiger partial charge in [-0.05, 0) is 30.5 Å². The Morgan fingerprint density at radius 2 is 1.92 bits per heavy atom. The summed E-state index contributed by atoms with van der Waals surface area (Å²) in [5, 5.41) is 0. The van der Waals surface area contributed by atoms with E-state index in [9.17, 15) is 0 Å². The van der Waals surface area contributed by atoms with E-state index in [0.29, 0.717) is 0 Å². The molecule has 3 N–H and O–H groups in total. The molecule has 2 heteroatoms. The fourth-order valence-corrected chi connectivity index (χ4v) is 1.04. The highest BCUT2D eigenvalue weighted by molar-refractivity contribution is 5.51. The van der Waals surface area contributed by atoms with Gasteiger partial charge in [0.1, 0.15) is 0 Å². The molecule has 0 heterocycles. The van der Waals surface area contributed by atoms with E-state index in [0.717, 1.165) is 12.1 Å². The molecule has 2 nitrogen and oxygen atoms in total. The van der Waals surface area contributed by atoms with Gasteiger partial charge in [-0.15, -0.1) is 0 Å². The molecule has 0 radical (unpaired) electrons. The van der Waals surface area contributed by atoms with Gasteiger partial charge in [-0.2, -0.15) is 0 Å². The lowest BCUT2D eigenvalue weighted by Crippen LogP contribution is -2.08. The van der Waals surface area contributed by atoms with Crippen LogP contribution in [-0.2, 0) is 6.42 Å². The number of anilines is 1. The summed E-state index contributed by atoms with van der Waals surface area (Å²) in [6, 6.07) is 6.28. The van der Waals surface area contributed by atoms with Crippen LogP contribution in [0.15, 0.2) is 18.2 Å². The largest absolute Gasteiger partial charge is 0.324 e. The molecule has 0 saturated heterocycles. The van der Waals surface area contributed by atoms with E-state index in [1.165, 1.54) is 11.1 Å². The van der Waals surface area contributed by atoms with Gasteiger partial charge < -0.3 is 5.43 Å². The molecule has 0 aliphatic heterocycles. The van der Waals surface area contributed by atoms with Crippen LogP contribution < -0.4 is 11.3 Å². The van der Waals surface area contributed by atoms with E-state index < -0.39 is 0 Å². The van der Waals surface area contributed by atoms with Crippen molar-refractivity contribution in [2.75, 3.05) is 5.43 Å². The number of nitrogens with one attached hydrogen (secondary N) is 1. The first kappa shape index (κ1) is 12.0. The Balaban J connectivity index is 0.000000671. The van der Waals surface area contributed by atoms with E-state index in [1.807, 2.05) is 20.8 Å². The van der Waals surface area contributed by atoms with Crippen molar-refractivity contribution in [3.05, 3.63) is 29.3 Å². The van der Waals surface area contributed by atoms with Crippen molar-refractivity contribution >= 4 is 5.69 Å². The molecule has 0 spiro atoms. The third-order valence-corrected chi connectivity index (χ3v) is 1.87. The normalized spacial score (nSPS) is 8.69. The van der Waals surface area contributed by atoms with Crippen LogP contribution in [0.1, 0.15) is 31.9 Å². The summed E-state index contributed by atoms with van der Waals surface area (Å²) in [4.78, 5) is 0. The van der Waals surface area contributed by atoms with Gasteiger partial charge in [0.25, 0.3) is 0 Å². The molecule has 0 fully saturated rings. The van der Waals surface area contributed by atoms with Gasteiger partial charge in [0.05, 0.1) is 5.69 Å². The van der Waals surface area contributed by atoms with Gasteiger partial charge in [0.2, 0.25) is 0 Å². The molecule has 13 heavy (non-hydrogen) atoms. The lowest BCUT2D eigenvalue weighted by Gasteiger charge is -2.05. The minimum absolute atomic E-state index is 1.02. The highest BCUT2D eigenvalue weighted by Gasteiger charge is 1.95. The monoisotopic (exact) mass is 180 g/mol. The van der Waals surface area contributed by atoms with Crippen LogP contribution in [-0.4, -0.2) is 0 Å². The van der Waals surface area contributed by atoms with Crippen molar-refractivity contribution in [2.45, 2.75) is 34.1 Å². The predicted octanol–water partition coefficient (Wildman–Crippen LogP) is 2.87. The van der Waals surface area contributed by atoms with Crippen molar-refractivity contribution in [1.82, 2.24) is 0 Å². The van der Waals surface area contributed by atoms with Crippen LogP contribution in [0, 0.1) is 6.92 Å². The minimum Gasteiger partial charge on any atom is -0.324 e. The standard InChI is InChI=1S/C9H14N2.C2H6/c1-3-8-5-4-7(2)9(6-8)11-10;1-2/h4-6,11H,3,10H2,1-2H3;1-2H3. The summed E-state index contributed by atoms with van der Waals surface area (Å²) >= 11 is 0. The van der Waals surface area contributed by atoms with Gasteiger partial charge >= 0.3 is 0 Å². The first-order valence-corrected chi connectivity index (χ1v) is 4.84. The van der Waals surface area contributed by atoms with E-state index in [-0.39, 0.29) is 0 Å². The number of hydrogen-bond acceptors (Lipinski definition) is 2. The van der Waals surface area contributed by atoms with Crippen LogP contribution in [0.3, 0.4) is 0 Å². The summed E-state index contributed by atoms with van der Waals surface area (Å²) in [5.74, 6) is 5.32. The molecule has 0 aliphatic carbocycles. The third kappa shape index (κ3) is 3.47. The Labute approximate surface area is 81.1 Å². The second kappa shape index (κ2) is 6.49. The second-order valence-electron chi connectivity index (χ2n) is 2.65. The summed E-state index contributed by atoms with van der Waals surface area (Å²) in [6.07, 6.45) is 1.05. The Morgan fingerprint density at radius 1 is 1.31 bits per heavy atom. The molecule has 1 aromatic rings. The number of hydrazine groups is 1. The van der Waals surface area contributed by atoms with Crippen molar-refractivity contribution in [2.24, 2.45) is 5.84 Å². The van der Waals surface area contributed by atoms with Crippen molar-refractivity contribution in [3.63, 3.8) is 0 Å². The van der Waals surface area contributed by atoms with Crippen LogP contribution in [0.2, 0.25) is 0 Å². The number of benzene rings is 1. The first-order valence-electron chi connectivity index (χ1n) is 4.84. The van der Waals surface area contributed by atoms with E-state index in [1.54, 1.807) is 0 Å². The van der Waals surface area contributed by atoms with Crippen LogP contribution >= 0.6 is 0 Å². The molecule has 0 bridgehead atoms. The number of nitrogens with two attached hydrogens (primary N) is 1. The molecule has 1 aromatic carbocycles. The summed E-state index contributed by atoms with van der Waals surface area (Å²) in [5.41, 5.74) is 6.18. The Bertz CT molecular complexity index is 244. The average molecular weight is 180 g/mol. The van der Waals surface area contributed by atoms with Gasteiger partial charge in [-0.3, -0.25) is 5.84 Å². The Morgan fingerprint density at radius 3 is 2.38 bits per heavy atom. The van der Waals surface area contributed by atoms with Crippen molar-refractivity contribution in [1.29, 1.82) is 0 Å². The summed E-state index contributed by atoms with van der Waals surface area (Å²) < 4.78 is 0. The molecule has 0 amide bonds. The minimum atomic E-state index is 1.02. The molecular formula is C11H20N2. The SMILES string of the molecule is CC.CCc1ccc(C)c(NN)c1. The van der Waals surface area contributed by atoms with Crippen LogP contribution in [0.25, 0.3) is 0 Å².